The van der Waals surface area contributed by atoms with E-state index in [9.17, 15) is 30.0 Å². The van der Waals surface area contributed by atoms with E-state index < -0.39 is 65.3 Å². The number of tetrazole rings is 2. The quantitative estimate of drug-likeness (QED) is 0.182. The standard InChI is InChI=1S/C26H18F4N10O4S2/c27-17-9-8-14(12-22-31-36-37-32-22)24(30)25(17)35-45(41,42)21-11-10-20(15-4-1-2-5-16(15)21)40(13-23-33-38-39-34-23)46(43,44)26-18(28)6-3-7-19(26)29/h1-11,35H,12-13H2,(H,31,32,36,37)(H,33,34,38,39). The van der Waals surface area contributed by atoms with Gasteiger partial charge in [0.2, 0.25) is 0 Å². The predicted octanol–water partition coefficient (Wildman–Crippen LogP) is 3.21. The first-order valence-corrected chi connectivity index (χ1v) is 15.8. The normalized spacial score (nSPS) is 12.0. The number of aromatic amines is 2. The molecule has 0 bridgehead atoms. The molecule has 0 radical (unpaired) electrons. The molecule has 2 heterocycles. The molecule has 3 N–H and O–H groups in total. The molecular weight excluding hydrogens is 656 g/mol. The van der Waals surface area contributed by atoms with Gasteiger partial charge in [-0.2, -0.15) is 10.4 Å². The van der Waals surface area contributed by atoms with E-state index in [0.717, 1.165) is 42.5 Å². The van der Waals surface area contributed by atoms with Crippen LogP contribution in [0.1, 0.15) is 17.2 Å². The van der Waals surface area contributed by atoms with Crippen LogP contribution in [0.2, 0.25) is 0 Å². The summed E-state index contributed by atoms with van der Waals surface area (Å²) in [6.45, 7) is -0.676. The summed E-state index contributed by atoms with van der Waals surface area (Å²) in [5.74, 6) is -5.32. The largest absolute Gasteiger partial charge is 0.274 e. The Kier molecular flexibility index (Phi) is 7.82. The average molecular weight is 675 g/mol. The van der Waals surface area contributed by atoms with E-state index in [2.05, 4.69) is 41.2 Å². The highest BCUT2D eigenvalue weighted by molar-refractivity contribution is 7.93. The number of hydrogen-bond acceptors (Lipinski definition) is 10. The van der Waals surface area contributed by atoms with E-state index in [1.165, 1.54) is 24.3 Å². The number of H-pyrrole nitrogens is 2. The lowest BCUT2D eigenvalue weighted by Gasteiger charge is -2.25. The number of halogens is 4. The number of nitrogens with zero attached hydrogens (tertiary/aromatic N) is 7. The lowest BCUT2D eigenvalue weighted by atomic mass is 10.1. The van der Waals surface area contributed by atoms with Gasteiger partial charge in [0.1, 0.15) is 23.1 Å². The number of rotatable bonds is 10. The Morgan fingerprint density at radius 3 is 2.02 bits per heavy atom. The van der Waals surface area contributed by atoms with E-state index >= 15 is 4.39 Å². The highest BCUT2D eigenvalue weighted by atomic mass is 32.2. The second-order valence-electron chi connectivity index (χ2n) is 9.52. The third-order valence-electron chi connectivity index (χ3n) is 6.71. The van der Waals surface area contributed by atoms with Crippen molar-refractivity contribution in [3.63, 3.8) is 0 Å². The topological polar surface area (TPSA) is 192 Å². The second-order valence-corrected chi connectivity index (χ2v) is 13.0. The molecule has 0 atom stereocenters. The summed E-state index contributed by atoms with van der Waals surface area (Å²) in [5.41, 5.74) is -1.34. The Bertz CT molecular complexity index is 2270. The van der Waals surface area contributed by atoms with Crippen molar-refractivity contribution in [1.29, 1.82) is 0 Å². The maximum Gasteiger partial charge on any atom is 0.270 e. The molecular formula is C26H18F4N10O4S2. The van der Waals surface area contributed by atoms with Gasteiger partial charge < -0.3 is 0 Å². The van der Waals surface area contributed by atoms with Crippen LogP contribution in [-0.4, -0.2) is 58.1 Å². The van der Waals surface area contributed by atoms with Crippen LogP contribution in [0.15, 0.2) is 76.5 Å². The van der Waals surface area contributed by atoms with Crippen LogP contribution in [0.3, 0.4) is 0 Å². The van der Waals surface area contributed by atoms with E-state index in [4.69, 9.17) is 0 Å². The molecule has 20 heteroatoms. The number of sulfonamides is 2. The van der Waals surface area contributed by atoms with Gasteiger partial charge >= 0.3 is 0 Å². The Morgan fingerprint density at radius 1 is 0.717 bits per heavy atom. The summed E-state index contributed by atoms with van der Waals surface area (Å²) in [6.07, 6.45) is -0.234. The molecule has 46 heavy (non-hydrogen) atoms. The number of fused-ring (bicyclic) bond motifs is 1. The number of anilines is 2. The van der Waals surface area contributed by atoms with Crippen molar-refractivity contribution in [2.24, 2.45) is 0 Å². The summed E-state index contributed by atoms with van der Waals surface area (Å²) in [4.78, 5) is -1.77. The van der Waals surface area contributed by atoms with Crippen molar-refractivity contribution in [1.82, 2.24) is 41.2 Å². The van der Waals surface area contributed by atoms with Crippen LogP contribution in [0.4, 0.5) is 28.9 Å². The van der Waals surface area contributed by atoms with Crippen molar-refractivity contribution < 1.29 is 34.4 Å². The molecule has 2 aromatic heterocycles. The third-order valence-corrected chi connectivity index (χ3v) is 9.93. The molecule has 4 aromatic carbocycles. The van der Waals surface area contributed by atoms with Gasteiger partial charge in [0.05, 0.1) is 17.1 Å². The molecule has 0 fully saturated rings. The third kappa shape index (κ3) is 5.58. The molecule has 236 valence electrons. The van der Waals surface area contributed by atoms with Gasteiger partial charge in [-0.05, 0) is 35.9 Å². The van der Waals surface area contributed by atoms with Gasteiger partial charge in [-0.25, -0.2) is 34.4 Å². The van der Waals surface area contributed by atoms with Crippen molar-refractivity contribution in [2.75, 3.05) is 9.03 Å². The van der Waals surface area contributed by atoms with E-state index in [1.807, 2.05) is 4.72 Å². The number of benzene rings is 4. The SMILES string of the molecule is O=S(=O)(Nc1c(F)ccc(Cc2nn[nH]n2)c1F)c1ccc(N(Cc2nn[nH]n2)S(=O)(=O)c2c(F)cccc2F)c2ccccc12. The fourth-order valence-corrected chi connectivity index (χ4v) is 7.50. The molecule has 0 aliphatic heterocycles. The van der Waals surface area contributed by atoms with Gasteiger partial charge in [0, 0.05) is 17.2 Å². The monoisotopic (exact) mass is 674 g/mol. The molecule has 14 nitrogen and oxygen atoms in total. The van der Waals surface area contributed by atoms with Crippen LogP contribution >= 0.6 is 0 Å². The smallest absolute Gasteiger partial charge is 0.270 e. The maximum atomic E-state index is 15.4. The zero-order chi connectivity index (χ0) is 32.6. The van der Waals surface area contributed by atoms with E-state index in [1.54, 1.807) is 0 Å². The molecule has 0 amide bonds. The van der Waals surface area contributed by atoms with Crippen LogP contribution in [0.5, 0.6) is 0 Å². The van der Waals surface area contributed by atoms with Crippen LogP contribution in [-0.2, 0) is 33.0 Å². The summed E-state index contributed by atoms with van der Waals surface area (Å²) in [6, 6.07) is 12.1. The number of aromatic nitrogens is 8. The Hall–Kier alpha value is -5.50. The highest BCUT2D eigenvalue weighted by Gasteiger charge is 2.34. The number of hydrogen-bond donors (Lipinski definition) is 3. The van der Waals surface area contributed by atoms with Gasteiger partial charge in [-0.3, -0.25) is 9.03 Å². The molecule has 0 aliphatic carbocycles. The highest BCUT2D eigenvalue weighted by Crippen LogP contribution is 2.37. The minimum Gasteiger partial charge on any atom is -0.274 e. The Balaban J connectivity index is 1.47. The molecule has 0 saturated carbocycles. The fourth-order valence-electron chi connectivity index (χ4n) is 4.67. The zero-order valence-electron chi connectivity index (χ0n) is 22.9. The second kappa shape index (κ2) is 11.8. The summed E-state index contributed by atoms with van der Waals surface area (Å²) < 4.78 is 117. The van der Waals surface area contributed by atoms with Gasteiger partial charge in [-0.1, -0.05) is 46.8 Å². The lowest BCUT2D eigenvalue weighted by Crippen LogP contribution is -2.32. The minimum absolute atomic E-state index is 0.0269. The molecule has 6 rings (SSSR count). The first-order chi connectivity index (χ1) is 22.0. The van der Waals surface area contributed by atoms with Crippen molar-refractivity contribution >= 4 is 42.2 Å². The molecule has 0 saturated heterocycles. The first kappa shape index (κ1) is 30.5. The maximum absolute atomic E-state index is 15.4. The van der Waals surface area contributed by atoms with E-state index in [0.29, 0.717) is 4.31 Å². The molecule has 6 aromatic rings. The lowest BCUT2D eigenvalue weighted by molar-refractivity contribution is 0.517. The molecule has 0 unspecified atom stereocenters. The van der Waals surface area contributed by atoms with Crippen molar-refractivity contribution in [3.05, 3.63) is 107 Å². The van der Waals surface area contributed by atoms with Crippen LogP contribution in [0, 0.1) is 23.3 Å². The van der Waals surface area contributed by atoms with Gasteiger partial charge in [0.25, 0.3) is 20.0 Å². The van der Waals surface area contributed by atoms with Crippen LogP contribution < -0.4 is 9.03 Å². The summed E-state index contributed by atoms with van der Waals surface area (Å²) in [5, 5.41) is 25.8. The Morgan fingerprint density at radius 2 is 1.37 bits per heavy atom. The van der Waals surface area contributed by atoms with Crippen molar-refractivity contribution in [3.8, 4) is 0 Å². The molecule has 0 aliphatic rings. The van der Waals surface area contributed by atoms with Crippen molar-refractivity contribution in [2.45, 2.75) is 22.8 Å². The molecule has 0 spiro atoms. The predicted molar refractivity (Wildman–Crippen MR) is 152 cm³/mol. The minimum atomic E-state index is -5.04. The number of nitrogens with one attached hydrogen (secondary N) is 3. The zero-order valence-corrected chi connectivity index (χ0v) is 24.5. The van der Waals surface area contributed by atoms with Crippen LogP contribution in [0.25, 0.3) is 10.8 Å². The van der Waals surface area contributed by atoms with Gasteiger partial charge in [0.15, 0.2) is 22.4 Å². The summed E-state index contributed by atoms with van der Waals surface area (Å²) >= 11 is 0. The summed E-state index contributed by atoms with van der Waals surface area (Å²) in [7, 11) is -9.80. The fraction of sp³-hybridized carbons (Fsp3) is 0.0769. The average Bonchev–Trinajstić information content (AvgIpc) is 3.74. The van der Waals surface area contributed by atoms with E-state index in [-0.39, 0.29) is 40.1 Å². The van der Waals surface area contributed by atoms with Gasteiger partial charge in [-0.15, -0.1) is 20.4 Å². The Labute approximate surface area is 256 Å². The first-order valence-electron chi connectivity index (χ1n) is 12.9.